The molecule has 16 heavy (non-hydrogen) atoms. The van der Waals surface area contributed by atoms with E-state index in [0.29, 0.717) is 5.01 Å². The van der Waals surface area contributed by atoms with Crippen LogP contribution in [0.5, 0.6) is 0 Å². The molecule has 0 amide bonds. The summed E-state index contributed by atoms with van der Waals surface area (Å²) < 4.78 is 26.4. The summed E-state index contributed by atoms with van der Waals surface area (Å²) in [6, 6.07) is 2.54. The van der Waals surface area contributed by atoms with Crippen LogP contribution in [0.25, 0.3) is 0 Å². The molecule has 2 rings (SSSR count). The number of benzene rings is 1. The molecular formula is C11H10F2N2S. The van der Waals surface area contributed by atoms with Gasteiger partial charge in [0.15, 0.2) is 0 Å². The molecular weight excluding hydrogens is 230 g/mol. The Morgan fingerprint density at radius 2 is 2.12 bits per heavy atom. The fraction of sp³-hybridized carbons (Fsp3) is 0.182. The second-order valence-electron chi connectivity index (χ2n) is 3.47. The molecule has 0 spiro atoms. The number of halogens is 2. The fourth-order valence-electron chi connectivity index (χ4n) is 1.40. The Kier molecular flexibility index (Phi) is 2.98. The SMILES string of the molecule is Cc1csc(C(N)c2cc(F)ccc2F)n1. The number of hydrogen-bond acceptors (Lipinski definition) is 3. The van der Waals surface area contributed by atoms with Crippen molar-refractivity contribution in [3.8, 4) is 0 Å². The van der Waals surface area contributed by atoms with Crippen molar-refractivity contribution < 1.29 is 8.78 Å². The molecule has 5 heteroatoms. The van der Waals surface area contributed by atoms with Crippen LogP contribution >= 0.6 is 11.3 Å². The van der Waals surface area contributed by atoms with E-state index in [4.69, 9.17) is 5.73 Å². The minimum absolute atomic E-state index is 0.134. The number of nitrogens with zero attached hydrogens (tertiary/aromatic N) is 1. The highest BCUT2D eigenvalue weighted by Crippen LogP contribution is 2.25. The molecule has 84 valence electrons. The van der Waals surface area contributed by atoms with Crippen LogP contribution < -0.4 is 5.73 Å². The average molecular weight is 240 g/mol. The van der Waals surface area contributed by atoms with Gasteiger partial charge in [-0.05, 0) is 25.1 Å². The summed E-state index contributed by atoms with van der Waals surface area (Å²) in [5.41, 5.74) is 6.80. The third-order valence-electron chi connectivity index (χ3n) is 2.20. The molecule has 0 saturated heterocycles. The van der Waals surface area contributed by atoms with E-state index in [1.807, 2.05) is 12.3 Å². The highest BCUT2D eigenvalue weighted by atomic mass is 32.1. The van der Waals surface area contributed by atoms with Gasteiger partial charge in [0, 0.05) is 16.6 Å². The van der Waals surface area contributed by atoms with Crippen LogP contribution in [0.2, 0.25) is 0 Å². The lowest BCUT2D eigenvalue weighted by atomic mass is 10.1. The van der Waals surface area contributed by atoms with Crippen molar-refractivity contribution in [2.75, 3.05) is 0 Å². The summed E-state index contributed by atoms with van der Waals surface area (Å²) in [7, 11) is 0. The van der Waals surface area contributed by atoms with Crippen LogP contribution in [0.15, 0.2) is 23.6 Å². The van der Waals surface area contributed by atoms with Crippen LogP contribution in [0.3, 0.4) is 0 Å². The lowest BCUT2D eigenvalue weighted by Gasteiger charge is -2.09. The number of thiazole rings is 1. The van der Waals surface area contributed by atoms with Gasteiger partial charge in [0.25, 0.3) is 0 Å². The van der Waals surface area contributed by atoms with E-state index in [-0.39, 0.29) is 5.56 Å². The maximum Gasteiger partial charge on any atom is 0.128 e. The zero-order valence-electron chi connectivity index (χ0n) is 8.58. The van der Waals surface area contributed by atoms with E-state index in [1.165, 1.54) is 11.3 Å². The lowest BCUT2D eigenvalue weighted by molar-refractivity contribution is 0.576. The topological polar surface area (TPSA) is 38.9 Å². The van der Waals surface area contributed by atoms with Gasteiger partial charge >= 0.3 is 0 Å². The fourth-order valence-corrected chi connectivity index (χ4v) is 2.22. The highest BCUT2D eigenvalue weighted by Gasteiger charge is 2.17. The molecule has 0 aliphatic rings. The molecule has 2 aromatic rings. The molecule has 0 bridgehead atoms. The normalized spacial score (nSPS) is 12.8. The average Bonchev–Trinajstić information content (AvgIpc) is 2.67. The summed E-state index contributed by atoms with van der Waals surface area (Å²) in [6.07, 6.45) is 0. The molecule has 0 aliphatic heterocycles. The van der Waals surface area contributed by atoms with Crippen LogP contribution in [-0.4, -0.2) is 4.98 Å². The second kappa shape index (κ2) is 4.27. The van der Waals surface area contributed by atoms with Crippen LogP contribution in [-0.2, 0) is 0 Å². The van der Waals surface area contributed by atoms with Crippen molar-refractivity contribution in [1.29, 1.82) is 0 Å². The molecule has 0 saturated carbocycles. The van der Waals surface area contributed by atoms with Crippen molar-refractivity contribution in [2.24, 2.45) is 5.73 Å². The van der Waals surface area contributed by atoms with Gasteiger partial charge in [-0.2, -0.15) is 0 Å². The number of aromatic nitrogens is 1. The largest absolute Gasteiger partial charge is 0.318 e. The Bertz CT molecular complexity index is 510. The Hall–Kier alpha value is -1.33. The zero-order valence-corrected chi connectivity index (χ0v) is 9.39. The number of aryl methyl sites for hydroxylation is 1. The van der Waals surface area contributed by atoms with E-state index < -0.39 is 17.7 Å². The van der Waals surface area contributed by atoms with Crippen molar-refractivity contribution in [1.82, 2.24) is 4.98 Å². The summed E-state index contributed by atoms with van der Waals surface area (Å²) in [6.45, 7) is 1.83. The molecule has 1 heterocycles. The third kappa shape index (κ3) is 2.10. The van der Waals surface area contributed by atoms with E-state index in [0.717, 1.165) is 23.9 Å². The van der Waals surface area contributed by atoms with E-state index >= 15 is 0 Å². The second-order valence-corrected chi connectivity index (χ2v) is 4.36. The molecule has 1 aromatic carbocycles. The molecule has 1 aromatic heterocycles. The highest BCUT2D eigenvalue weighted by molar-refractivity contribution is 7.09. The van der Waals surface area contributed by atoms with Gasteiger partial charge < -0.3 is 5.73 Å². The molecule has 1 unspecified atom stereocenters. The quantitative estimate of drug-likeness (QED) is 0.876. The van der Waals surface area contributed by atoms with Gasteiger partial charge in [-0.3, -0.25) is 0 Å². The van der Waals surface area contributed by atoms with Crippen molar-refractivity contribution in [2.45, 2.75) is 13.0 Å². The van der Waals surface area contributed by atoms with E-state index in [2.05, 4.69) is 4.98 Å². The minimum atomic E-state index is -0.714. The first kappa shape index (κ1) is 11.2. The first-order chi connectivity index (χ1) is 7.58. The van der Waals surface area contributed by atoms with Gasteiger partial charge in [0.2, 0.25) is 0 Å². The van der Waals surface area contributed by atoms with Crippen molar-refractivity contribution in [3.63, 3.8) is 0 Å². The Morgan fingerprint density at radius 1 is 1.38 bits per heavy atom. The zero-order chi connectivity index (χ0) is 11.7. The lowest BCUT2D eigenvalue weighted by Crippen LogP contribution is -2.13. The Labute approximate surface area is 95.7 Å². The molecule has 2 nitrogen and oxygen atoms in total. The van der Waals surface area contributed by atoms with Gasteiger partial charge in [0.05, 0.1) is 6.04 Å². The summed E-state index contributed by atoms with van der Waals surface area (Å²) in [5, 5.41) is 2.41. The monoisotopic (exact) mass is 240 g/mol. The summed E-state index contributed by atoms with van der Waals surface area (Å²) >= 11 is 1.34. The van der Waals surface area contributed by atoms with E-state index in [1.54, 1.807) is 0 Å². The molecule has 1 atom stereocenters. The predicted molar refractivity (Wildman–Crippen MR) is 59.2 cm³/mol. The van der Waals surface area contributed by atoms with Gasteiger partial charge in [0.1, 0.15) is 16.6 Å². The van der Waals surface area contributed by atoms with Crippen LogP contribution in [0, 0.1) is 18.6 Å². The molecule has 0 radical (unpaired) electrons. The Balaban J connectivity index is 2.40. The Morgan fingerprint density at radius 3 is 2.75 bits per heavy atom. The van der Waals surface area contributed by atoms with Crippen molar-refractivity contribution >= 4 is 11.3 Å². The number of nitrogens with two attached hydrogens (primary N) is 1. The molecule has 0 fully saturated rings. The number of rotatable bonds is 2. The molecule has 2 N–H and O–H groups in total. The standard InChI is InChI=1S/C11H10F2N2S/c1-6-5-16-11(15-6)10(14)8-4-7(12)2-3-9(8)13/h2-5,10H,14H2,1H3. The summed E-state index contributed by atoms with van der Waals surface area (Å²) in [5.74, 6) is -1.01. The van der Waals surface area contributed by atoms with Crippen molar-refractivity contribution in [3.05, 3.63) is 51.5 Å². The third-order valence-corrected chi connectivity index (χ3v) is 3.24. The number of hydrogen-bond donors (Lipinski definition) is 1. The maximum absolute atomic E-state index is 13.4. The van der Waals surface area contributed by atoms with Gasteiger partial charge in [-0.1, -0.05) is 0 Å². The maximum atomic E-state index is 13.4. The van der Waals surface area contributed by atoms with Gasteiger partial charge in [-0.25, -0.2) is 13.8 Å². The van der Waals surface area contributed by atoms with Gasteiger partial charge in [-0.15, -0.1) is 11.3 Å². The first-order valence-electron chi connectivity index (χ1n) is 4.70. The van der Waals surface area contributed by atoms with Crippen LogP contribution in [0.1, 0.15) is 22.3 Å². The van der Waals surface area contributed by atoms with Crippen LogP contribution in [0.4, 0.5) is 8.78 Å². The molecule has 0 aliphatic carbocycles. The smallest absolute Gasteiger partial charge is 0.128 e. The minimum Gasteiger partial charge on any atom is -0.318 e. The first-order valence-corrected chi connectivity index (χ1v) is 5.58. The van der Waals surface area contributed by atoms with E-state index in [9.17, 15) is 8.78 Å². The predicted octanol–water partition coefficient (Wildman–Crippen LogP) is 2.78. The summed E-state index contributed by atoms with van der Waals surface area (Å²) in [4.78, 5) is 4.16.